The highest BCUT2D eigenvalue weighted by atomic mass is 16.5. The van der Waals surface area contributed by atoms with Gasteiger partial charge in [0, 0.05) is 5.69 Å². The molecule has 2 aromatic rings. The molecule has 2 aromatic carbocycles. The predicted molar refractivity (Wildman–Crippen MR) is 87.4 cm³/mol. The summed E-state index contributed by atoms with van der Waals surface area (Å²) in [6.45, 7) is 7.55. The van der Waals surface area contributed by atoms with Crippen molar-refractivity contribution in [2.45, 2.75) is 26.9 Å². The van der Waals surface area contributed by atoms with Crippen molar-refractivity contribution in [3.63, 3.8) is 0 Å². The van der Waals surface area contributed by atoms with E-state index in [9.17, 15) is 0 Å². The van der Waals surface area contributed by atoms with Gasteiger partial charge in [0.2, 0.25) is 0 Å². The number of nitrogens with one attached hydrogen (secondary N) is 1. The summed E-state index contributed by atoms with van der Waals surface area (Å²) in [5, 5.41) is 3.37. The minimum absolute atomic E-state index is 0.0957. The van der Waals surface area contributed by atoms with Gasteiger partial charge in [0.15, 0.2) is 0 Å². The molecule has 1 atom stereocenters. The molecule has 3 heteroatoms. The normalized spacial score (nSPS) is 11.8. The van der Waals surface area contributed by atoms with Crippen LogP contribution in [0.5, 0.6) is 11.5 Å². The van der Waals surface area contributed by atoms with E-state index in [1.165, 1.54) is 5.56 Å². The third-order valence-electron chi connectivity index (χ3n) is 3.09. The molecule has 3 nitrogen and oxygen atoms in total. The molecule has 0 saturated carbocycles. The van der Waals surface area contributed by atoms with Crippen molar-refractivity contribution >= 4 is 5.69 Å². The number of benzene rings is 2. The fourth-order valence-corrected chi connectivity index (χ4v) is 2.06. The van der Waals surface area contributed by atoms with Gasteiger partial charge in [-0.3, -0.25) is 0 Å². The topological polar surface area (TPSA) is 30.5 Å². The van der Waals surface area contributed by atoms with Gasteiger partial charge in [0.1, 0.15) is 17.6 Å². The zero-order valence-corrected chi connectivity index (χ0v) is 12.9. The smallest absolute Gasteiger partial charge is 0.120 e. The maximum Gasteiger partial charge on any atom is 0.120 e. The lowest BCUT2D eigenvalue weighted by atomic mass is 10.2. The molecule has 0 radical (unpaired) electrons. The molecule has 2 rings (SSSR count). The lowest BCUT2D eigenvalue weighted by Crippen LogP contribution is -2.22. The number of aryl methyl sites for hydroxylation is 1. The van der Waals surface area contributed by atoms with Gasteiger partial charge >= 0.3 is 0 Å². The van der Waals surface area contributed by atoms with Gasteiger partial charge in [-0.1, -0.05) is 12.1 Å². The van der Waals surface area contributed by atoms with E-state index in [1.807, 2.05) is 49.4 Å². The second kappa shape index (κ2) is 7.58. The first-order chi connectivity index (χ1) is 10.2. The summed E-state index contributed by atoms with van der Waals surface area (Å²) in [5.41, 5.74) is 2.28. The van der Waals surface area contributed by atoms with Gasteiger partial charge in [0.05, 0.1) is 13.2 Å². The maximum absolute atomic E-state index is 5.89. The van der Waals surface area contributed by atoms with E-state index in [4.69, 9.17) is 9.47 Å². The van der Waals surface area contributed by atoms with Crippen LogP contribution in [0.15, 0.2) is 48.5 Å². The molecule has 112 valence electrons. The Hall–Kier alpha value is -2.16. The van der Waals surface area contributed by atoms with E-state index in [2.05, 4.69) is 25.2 Å². The largest absolute Gasteiger partial charge is 0.494 e. The van der Waals surface area contributed by atoms with Gasteiger partial charge in [-0.2, -0.15) is 0 Å². The number of ether oxygens (including phenoxy) is 2. The Balaban J connectivity index is 1.82. The fraction of sp³-hybridized carbons (Fsp3) is 0.333. The van der Waals surface area contributed by atoms with E-state index in [0.717, 1.165) is 23.7 Å². The lowest BCUT2D eigenvalue weighted by molar-refractivity contribution is 0.234. The zero-order chi connectivity index (χ0) is 15.1. The SMILES string of the molecule is CCOc1ccc(NC[C@H](C)Oc2cccc(C)c2)cc1. The number of hydrogen-bond acceptors (Lipinski definition) is 3. The van der Waals surface area contributed by atoms with Crippen LogP contribution in [0.3, 0.4) is 0 Å². The molecule has 0 amide bonds. The Morgan fingerprint density at radius 1 is 1.05 bits per heavy atom. The summed E-state index contributed by atoms with van der Waals surface area (Å²) in [6, 6.07) is 16.1. The molecule has 0 saturated heterocycles. The van der Waals surface area contributed by atoms with Gasteiger partial charge in [0.25, 0.3) is 0 Å². The third-order valence-corrected chi connectivity index (χ3v) is 3.09. The molecule has 0 fully saturated rings. The Bertz CT molecular complexity index is 551. The van der Waals surface area contributed by atoms with Gasteiger partial charge < -0.3 is 14.8 Å². The van der Waals surface area contributed by atoms with Crippen molar-refractivity contribution < 1.29 is 9.47 Å². The number of rotatable bonds is 7. The number of anilines is 1. The van der Waals surface area contributed by atoms with Crippen molar-refractivity contribution in [3.05, 3.63) is 54.1 Å². The molecule has 0 aliphatic carbocycles. The Labute approximate surface area is 126 Å². The highest BCUT2D eigenvalue weighted by molar-refractivity contribution is 5.46. The molecule has 1 N–H and O–H groups in total. The molecular weight excluding hydrogens is 262 g/mol. The van der Waals surface area contributed by atoms with Crippen LogP contribution in [0.4, 0.5) is 5.69 Å². The summed E-state index contributed by atoms with van der Waals surface area (Å²) in [7, 11) is 0. The standard InChI is InChI=1S/C18H23NO2/c1-4-20-17-10-8-16(9-11-17)19-13-15(3)21-18-7-5-6-14(2)12-18/h5-12,15,19H,4,13H2,1-3H3/t15-/m0/s1. The van der Waals surface area contributed by atoms with E-state index in [0.29, 0.717) is 6.61 Å². The molecule has 0 aromatic heterocycles. The van der Waals surface area contributed by atoms with Gasteiger partial charge in [-0.15, -0.1) is 0 Å². The van der Waals surface area contributed by atoms with Gasteiger partial charge in [-0.05, 0) is 62.7 Å². The quantitative estimate of drug-likeness (QED) is 0.824. The Kier molecular flexibility index (Phi) is 5.50. The van der Waals surface area contributed by atoms with Crippen LogP contribution in [0.2, 0.25) is 0 Å². The molecule has 0 aliphatic heterocycles. The molecule has 0 unspecified atom stereocenters. The molecule has 21 heavy (non-hydrogen) atoms. The molecule has 0 bridgehead atoms. The minimum atomic E-state index is 0.0957. The van der Waals surface area contributed by atoms with Crippen LogP contribution < -0.4 is 14.8 Å². The van der Waals surface area contributed by atoms with Crippen molar-refractivity contribution in [2.75, 3.05) is 18.5 Å². The van der Waals surface area contributed by atoms with Crippen LogP contribution >= 0.6 is 0 Å². The lowest BCUT2D eigenvalue weighted by Gasteiger charge is -2.16. The van der Waals surface area contributed by atoms with Crippen molar-refractivity contribution in [2.24, 2.45) is 0 Å². The summed E-state index contributed by atoms with van der Waals surface area (Å²) >= 11 is 0. The summed E-state index contributed by atoms with van der Waals surface area (Å²) < 4.78 is 11.3. The first-order valence-electron chi connectivity index (χ1n) is 7.37. The first-order valence-corrected chi connectivity index (χ1v) is 7.37. The second-order valence-electron chi connectivity index (χ2n) is 5.08. The van der Waals surface area contributed by atoms with E-state index >= 15 is 0 Å². The first kappa shape index (κ1) is 15.2. The van der Waals surface area contributed by atoms with Crippen LogP contribution in [-0.2, 0) is 0 Å². The maximum atomic E-state index is 5.89. The van der Waals surface area contributed by atoms with E-state index < -0.39 is 0 Å². The molecule has 0 heterocycles. The van der Waals surface area contributed by atoms with E-state index in [1.54, 1.807) is 0 Å². The fourth-order valence-electron chi connectivity index (χ4n) is 2.06. The highest BCUT2D eigenvalue weighted by Crippen LogP contribution is 2.17. The summed E-state index contributed by atoms with van der Waals surface area (Å²) in [5.74, 6) is 1.81. The van der Waals surface area contributed by atoms with Crippen molar-refractivity contribution in [1.29, 1.82) is 0 Å². The molecular formula is C18H23NO2. The summed E-state index contributed by atoms with van der Waals surface area (Å²) in [4.78, 5) is 0. The van der Waals surface area contributed by atoms with Crippen LogP contribution in [0.1, 0.15) is 19.4 Å². The second-order valence-corrected chi connectivity index (χ2v) is 5.08. The third kappa shape index (κ3) is 5.03. The highest BCUT2D eigenvalue weighted by Gasteiger charge is 2.04. The number of hydrogen-bond donors (Lipinski definition) is 1. The predicted octanol–water partition coefficient (Wildman–Crippen LogP) is 4.27. The van der Waals surface area contributed by atoms with Crippen LogP contribution in [0, 0.1) is 6.92 Å². The van der Waals surface area contributed by atoms with Crippen LogP contribution in [-0.4, -0.2) is 19.3 Å². The average Bonchev–Trinajstić information content (AvgIpc) is 2.47. The molecule has 0 aliphatic rings. The minimum Gasteiger partial charge on any atom is -0.494 e. The zero-order valence-electron chi connectivity index (χ0n) is 12.9. The summed E-state index contributed by atoms with van der Waals surface area (Å²) in [6.07, 6.45) is 0.0957. The Morgan fingerprint density at radius 3 is 2.48 bits per heavy atom. The monoisotopic (exact) mass is 285 g/mol. The van der Waals surface area contributed by atoms with Crippen molar-refractivity contribution in [3.8, 4) is 11.5 Å². The van der Waals surface area contributed by atoms with Gasteiger partial charge in [-0.25, -0.2) is 0 Å². The van der Waals surface area contributed by atoms with Crippen LogP contribution in [0.25, 0.3) is 0 Å². The van der Waals surface area contributed by atoms with Crippen molar-refractivity contribution in [1.82, 2.24) is 0 Å². The molecule has 0 spiro atoms. The average molecular weight is 285 g/mol. The van der Waals surface area contributed by atoms with E-state index in [-0.39, 0.29) is 6.10 Å². The Morgan fingerprint density at radius 2 is 1.81 bits per heavy atom.